The van der Waals surface area contributed by atoms with Crippen LogP contribution >= 0.6 is 11.3 Å². The Morgan fingerprint density at radius 3 is 2.45 bits per heavy atom. The van der Waals surface area contributed by atoms with Crippen molar-refractivity contribution in [3.05, 3.63) is 76.0 Å². The highest BCUT2D eigenvalue weighted by atomic mass is 32.2. The van der Waals surface area contributed by atoms with Crippen LogP contribution in [0.3, 0.4) is 0 Å². The SMILES string of the molecule is COc1cccc([C@H]2CC(c3ccc(NS(C)(=O)=O)cc3)=NN2C(=O)c2cccs2)c1OC. The molecule has 1 atom stereocenters. The lowest BCUT2D eigenvalue weighted by Crippen LogP contribution is -2.26. The Morgan fingerprint density at radius 2 is 1.85 bits per heavy atom. The molecule has 0 unspecified atom stereocenters. The van der Waals surface area contributed by atoms with Gasteiger partial charge in [-0.2, -0.15) is 5.10 Å². The number of nitrogens with zero attached hydrogens (tertiary/aromatic N) is 2. The average molecular weight is 486 g/mol. The van der Waals surface area contributed by atoms with E-state index in [1.165, 1.54) is 16.3 Å². The molecule has 0 saturated carbocycles. The van der Waals surface area contributed by atoms with Gasteiger partial charge >= 0.3 is 0 Å². The number of thiophene rings is 1. The van der Waals surface area contributed by atoms with Crippen LogP contribution in [0.1, 0.15) is 33.3 Å². The Morgan fingerprint density at radius 1 is 1.09 bits per heavy atom. The summed E-state index contributed by atoms with van der Waals surface area (Å²) in [7, 11) is -0.236. The number of ether oxygens (including phenoxy) is 2. The molecule has 0 spiro atoms. The molecule has 1 aromatic heterocycles. The van der Waals surface area contributed by atoms with E-state index >= 15 is 0 Å². The van der Waals surface area contributed by atoms with Crippen molar-refractivity contribution in [1.29, 1.82) is 0 Å². The summed E-state index contributed by atoms with van der Waals surface area (Å²) in [5.41, 5.74) is 2.75. The number of nitrogens with one attached hydrogen (secondary N) is 1. The minimum Gasteiger partial charge on any atom is -0.493 e. The molecule has 0 aliphatic carbocycles. The third-order valence-electron chi connectivity index (χ3n) is 5.16. The van der Waals surface area contributed by atoms with Crippen LogP contribution in [-0.4, -0.2) is 45.5 Å². The van der Waals surface area contributed by atoms with E-state index in [0.717, 1.165) is 17.4 Å². The third-order valence-corrected chi connectivity index (χ3v) is 6.63. The number of carbonyl (C=O) groups excluding carboxylic acids is 1. The van der Waals surface area contributed by atoms with Crippen molar-refractivity contribution >= 4 is 38.7 Å². The largest absolute Gasteiger partial charge is 0.493 e. The Bertz CT molecular complexity index is 1290. The molecule has 8 nitrogen and oxygen atoms in total. The van der Waals surface area contributed by atoms with Gasteiger partial charge in [0.05, 0.1) is 37.1 Å². The molecule has 33 heavy (non-hydrogen) atoms. The van der Waals surface area contributed by atoms with E-state index in [4.69, 9.17) is 9.47 Å². The molecule has 1 amide bonds. The van der Waals surface area contributed by atoms with Crippen LogP contribution in [0.15, 0.2) is 65.1 Å². The highest BCUT2D eigenvalue weighted by molar-refractivity contribution is 7.92. The summed E-state index contributed by atoms with van der Waals surface area (Å²) in [5, 5.41) is 8.02. The molecule has 0 bridgehead atoms. The minimum absolute atomic E-state index is 0.203. The summed E-state index contributed by atoms with van der Waals surface area (Å²) in [6, 6.07) is 15.7. The maximum absolute atomic E-state index is 13.3. The first kappa shape index (κ1) is 22.8. The highest BCUT2D eigenvalue weighted by Gasteiger charge is 2.36. The van der Waals surface area contributed by atoms with Crippen molar-refractivity contribution in [1.82, 2.24) is 5.01 Å². The molecule has 1 N–H and O–H groups in total. The Balaban J connectivity index is 1.72. The molecule has 3 aromatic rings. The van der Waals surface area contributed by atoms with E-state index in [0.29, 0.717) is 34.2 Å². The van der Waals surface area contributed by atoms with Gasteiger partial charge in [0.1, 0.15) is 0 Å². The smallest absolute Gasteiger partial charge is 0.284 e. The number of hydrogen-bond acceptors (Lipinski definition) is 7. The minimum atomic E-state index is -3.37. The molecule has 1 aliphatic heterocycles. The number of methoxy groups -OCH3 is 2. The van der Waals surface area contributed by atoms with Crippen LogP contribution in [-0.2, 0) is 10.0 Å². The first-order valence-corrected chi connectivity index (χ1v) is 12.8. The summed E-state index contributed by atoms with van der Waals surface area (Å²) in [4.78, 5) is 13.9. The standard InChI is InChI=1S/C23H23N3O5S2/c1-30-20-7-4-6-17(22(20)31-2)19-14-18(24-26(19)23(27)21-8-5-13-32-21)15-9-11-16(12-10-15)25-33(3,28)29/h4-13,19,25H,14H2,1-3H3/t19-/m1/s1. The summed E-state index contributed by atoms with van der Waals surface area (Å²) in [6.45, 7) is 0. The van der Waals surface area contributed by atoms with Gasteiger partial charge in [-0.15, -0.1) is 11.3 Å². The lowest BCUT2D eigenvalue weighted by atomic mass is 9.97. The van der Waals surface area contributed by atoms with Crippen LogP contribution in [0.2, 0.25) is 0 Å². The summed E-state index contributed by atoms with van der Waals surface area (Å²) in [5.74, 6) is 0.923. The van der Waals surface area contributed by atoms with E-state index < -0.39 is 16.1 Å². The normalized spacial score (nSPS) is 15.8. The number of hydrogen-bond donors (Lipinski definition) is 1. The molecule has 10 heteroatoms. The van der Waals surface area contributed by atoms with Gasteiger partial charge in [-0.3, -0.25) is 9.52 Å². The number of rotatable bonds is 7. The maximum atomic E-state index is 13.3. The summed E-state index contributed by atoms with van der Waals surface area (Å²) in [6.07, 6.45) is 1.56. The van der Waals surface area contributed by atoms with Gasteiger partial charge in [0.25, 0.3) is 5.91 Å². The Labute approximate surface area is 196 Å². The van der Waals surface area contributed by atoms with E-state index in [1.807, 2.05) is 23.6 Å². The van der Waals surface area contributed by atoms with Crippen molar-refractivity contribution in [2.45, 2.75) is 12.5 Å². The van der Waals surface area contributed by atoms with Gasteiger partial charge in [-0.05, 0) is 35.2 Å². The second-order valence-corrected chi connectivity index (χ2v) is 10.1. The number of hydrazone groups is 1. The number of amides is 1. The van der Waals surface area contributed by atoms with Gasteiger partial charge in [0.15, 0.2) is 11.5 Å². The molecule has 172 valence electrons. The third kappa shape index (κ3) is 4.86. The van der Waals surface area contributed by atoms with E-state index in [-0.39, 0.29) is 5.91 Å². The molecule has 0 radical (unpaired) electrons. The molecule has 2 aromatic carbocycles. The van der Waals surface area contributed by atoms with Crippen molar-refractivity contribution < 1.29 is 22.7 Å². The number of carbonyl (C=O) groups is 1. The lowest BCUT2D eigenvalue weighted by Gasteiger charge is -2.24. The van der Waals surface area contributed by atoms with E-state index in [9.17, 15) is 13.2 Å². The van der Waals surface area contributed by atoms with E-state index in [1.54, 1.807) is 50.6 Å². The molecular weight excluding hydrogens is 462 g/mol. The number of para-hydroxylation sites is 1. The fraction of sp³-hybridized carbons (Fsp3) is 0.217. The molecule has 4 rings (SSSR count). The van der Waals surface area contributed by atoms with Crippen LogP contribution in [0.5, 0.6) is 11.5 Å². The zero-order valence-corrected chi connectivity index (χ0v) is 19.9. The van der Waals surface area contributed by atoms with Crippen LogP contribution in [0, 0.1) is 0 Å². The van der Waals surface area contributed by atoms with Gasteiger partial charge < -0.3 is 9.47 Å². The summed E-state index contributed by atoms with van der Waals surface area (Å²) >= 11 is 1.36. The first-order valence-electron chi connectivity index (χ1n) is 10.0. The topological polar surface area (TPSA) is 97.3 Å². The zero-order chi connectivity index (χ0) is 23.6. The number of anilines is 1. The monoisotopic (exact) mass is 485 g/mol. The second-order valence-electron chi connectivity index (χ2n) is 7.43. The molecule has 0 saturated heterocycles. The van der Waals surface area contributed by atoms with Gasteiger partial charge in [-0.1, -0.05) is 30.3 Å². The quantitative estimate of drug-likeness (QED) is 0.543. The van der Waals surface area contributed by atoms with E-state index in [2.05, 4.69) is 9.82 Å². The zero-order valence-electron chi connectivity index (χ0n) is 18.3. The van der Waals surface area contributed by atoms with Gasteiger partial charge in [0, 0.05) is 17.7 Å². The van der Waals surface area contributed by atoms with Crippen molar-refractivity contribution in [2.75, 3.05) is 25.2 Å². The van der Waals surface area contributed by atoms with Crippen LogP contribution in [0.25, 0.3) is 0 Å². The van der Waals surface area contributed by atoms with Crippen LogP contribution < -0.4 is 14.2 Å². The fourth-order valence-corrected chi connectivity index (χ4v) is 4.97. The first-order chi connectivity index (χ1) is 15.8. The predicted octanol–water partition coefficient (Wildman–Crippen LogP) is 4.13. The highest BCUT2D eigenvalue weighted by Crippen LogP contribution is 2.42. The maximum Gasteiger partial charge on any atom is 0.284 e. The van der Waals surface area contributed by atoms with Gasteiger partial charge in [-0.25, -0.2) is 13.4 Å². The van der Waals surface area contributed by atoms with Crippen molar-refractivity contribution in [3.8, 4) is 11.5 Å². The average Bonchev–Trinajstić information content (AvgIpc) is 3.48. The predicted molar refractivity (Wildman–Crippen MR) is 129 cm³/mol. The van der Waals surface area contributed by atoms with Crippen molar-refractivity contribution in [3.63, 3.8) is 0 Å². The number of benzene rings is 2. The molecule has 2 heterocycles. The van der Waals surface area contributed by atoms with Crippen molar-refractivity contribution in [2.24, 2.45) is 5.10 Å². The second kappa shape index (κ2) is 9.24. The molecule has 1 aliphatic rings. The van der Waals surface area contributed by atoms with Crippen LogP contribution in [0.4, 0.5) is 5.69 Å². The number of sulfonamides is 1. The lowest BCUT2D eigenvalue weighted by molar-refractivity contribution is 0.0714. The van der Waals surface area contributed by atoms with Gasteiger partial charge in [0.2, 0.25) is 10.0 Å². The summed E-state index contributed by atoms with van der Waals surface area (Å²) < 4.78 is 36.5. The Hall–Kier alpha value is -3.37. The Kier molecular flexibility index (Phi) is 6.39. The fourth-order valence-electron chi connectivity index (χ4n) is 3.75. The molecule has 0 fully saturated rings. The molecular formula is C23H23N3O5S2.